The van der Waals surface area contributed by atoms with Crippen molar-refractivity contribution in [3.63, 3.8) is 0 Å². The van der Waals surface area contributed by atoms with Gasteiger partial charge in [-0.3, -0.25) is 4.79 Å². The molecule has 0 saturated heterocycles. The van der Waals surface area contributed by atoms with E-state index in [0.29, 0.717) is 0 Å². The van der Waals surface area contributed by atoms with Crippen molar-refractivity contribution in [2.24, 2.45) is 0 Å². The second kappa shape index (κ2) is 7.86. The Hall–Kier alpha value is -2.49. The molecule has 4 heteroatoms. The monoisotopic (exact) mass is 327 g/mol. The van der Waals surface area contributed by atoms with E-state index in [1.165, 1.54) is 0 Å². The number of methoxy groups -OCH3 is 1. The number of rotatable bonds is 6. The Morgan fingerprint density at radius 3 is 2.42 bits per heavy atom. The van der Waals surface area contributed by atoms with E-state index in [1.807, 2.05) is 58.0 Å². The Labute approximate surface area is 143 Å². The molecule has 0 spiro atoms. The van der Waals surface area contributed by atoms with Crippen LogP contribution in [0.2, 0.25) is 0 Å². The quantitative estimate of drug-likeness (QED) is 0.876. The molecule has 1 N–H and O–H groups in total. The first-order chi connectivity index (χ1) is 11.4. The molecule has 0 fully saturated rings. The van der Waals surface area contributed by atoms with Gasteiger partial charge in [0.25, 0.3) is 5.91 Å². The molecule has 0 heterocycles. The number of carbonyl (C=O) groups is 1. The van der Waals surface area contributed by atoms with Gasteiger partial charge in [-0.1, -0.05) is 18.2 Å². The van der Waals surface area contributed by atoms with Crippen LogP contribution in [0.15, 0.2) is 36.4 Å². The van der Waals surface area contributed by atoms with Crippen molar-refractivity contribution in [3.8, 4) is 11.5 Å². The highest BCUT2D eigenvalue weighted by atomic mass is 16.5. The smallest absolute Gasteiger partial charge is 0.258 e. The van der Waals surface area contributed by atoms with Crippen molar-refractivity contribution >= 4 is 5.91 Å². The number of ether oxygens (including phenoxy) is 2. The van der Waals surface area contributed by atoms with Gasteiger partial charge in [-0.2, -0.15) is 0 Å². The summed E-state index contributed by atoms with van der Waals surface area (Å²) >= 11 is 0. The first-order valence-corrected chi connectivity index (χ1v) is 8.04. The summed E-state index contributed by atoms with van der Waals surface area (Å²) in [5.74, 6) is 1.42. The largest absolute Gasteiger partial charge is 0.497 e. The predicted molar refractivity (Wildman–Crippen MR) is 95.7 cm³/mol. The van der Waals surface area contributed by atoms with Gasteiger partial charge in [0.1, 0.15) is 11.5 Å². The molecule has 0 aliphatic carbocycles. The van der Waals surface area contributed by atoms with Gasteiger partial charge < -0.3 is 14.8 Å². The van der Waals surface area contributed by atoms with Gasteiger partial charge in [0.15, 0.2) is 6.61 Å². The number of benzene rings is 2. The third-order valence-corrected chi connectivity index (χ3v) is 4.12. The molecule has 2 aromatic carbocycles. The lowest BCUT2D eigenvalue weighted by atomic mass is 10.1. The summed E-state index contributed by atoms with van der Waals surface area (Å²) in [4.78, 5) is 12.1. The summed E-state index contributed by atoms with van der Waals surface area (Å²) in [6.07, 6.45) is 0. The number of aryl methyl sites for hydroxylation is 2. The second-order valence-corrected chi connectivity index (χ2v) is 6.06. The van der Waals surface area contributed by atoms with Gasteiger partial charge >= 0.3 is 0 Å². The van der Waals surface area contributed by atoms with Crippen LogP contribution >= 0.6 is 0 Å². The topological polar surface area (TPSA) is 47.6 Å². The van der Waals surface area contributed by atoms with E-state index in [0.717, 1.165) is 33.8 Å². The van der Waals surface area contributed by atoms with Crippen LogP contribution in [0.5, 0.6) is 11.5 Å². The lowest BCUT2D eigenvalue weighted by Crippen LogP contribution is -2.31. The average Bonchev–Trinajstić information content (AvgIpc) is 2.56. The van der Waals surface area contributed by atoms with E-state index >= 15 is 0 Å². The molecule has 4 nitrogen and oxygen atoms in total. The molecule has 1 unspecified atom stereocenters. The van der Waals surface area contributed by atoms with Crippen LogP contribution in [0.3, 0.4) is 0 Å². The van der Waals surface area contributed by atoms with Gasteiger partial charge in [0.05, 0.1) is 13.2 Å². The van der Waals surface area contributed by atoms with E-state index in [9.17, 15) is 4.79 Å². The zero-order valence-electron chi connectivity index (χ0n) is 15.0. The molecule has 0 aliphatic rings. The molecule has 0 bridgehead atoms. The zero-order valence-corrected chi connectivity index (χ0v) is 15.0. The lowest BCUT2D eigenvalue weighted by molar-refractivity contribution is -0.123. The maximum atomic E-state index is 12.1. The summed E-state index contributed by atoms with van der Waals surface area (Å²) in [5, 5.41) is 2.95. The maximum absolute atomic E-state index is 12.1. The second-order valence-electron chi connectivity index (χ2n) is 6.06. The van der Waals surface area contributed by atoms with Crippen molar-refractivity contribution in [1.82, 2.24) is 5.32 Å². The standard InChI is InChI=1S/C20H25NO3/c1-13-10-14(2)15(3)19(11-13)24-12-20(22)21-16(4)17-6-8-18(23-5)9-7-17/h6-11,16H,12H2,1-5H3,(H,21,22). The average molecular weight is 327 g/mol. The molecule has 2 aromatic rings. The van der Waals surface area contributed by atoms with Crippen molar-refractivity contribution < 1.29 is 14.3 Å². The third kappa shape index (κ3) is 4.51. The van der Waals surface area contributed by atoms with Gasteiger partial charge in [-0.25, -0.2) is 0 Å². The fourth-order valence-corrected chi connectivity index (χ4v) is 2.55. The molecular formula is C20H25NO3. The van der Waals surface area contributed by atoms with Gasteiger partial charge in [-0.05, 0) is 68.1 Å². The Bertz CT molecular complexity index is 708. The number of hydrogen-bond acceptors (Lipinski definition) is 3. The molecule has 24 heavy (non-hydrogen) atoms. The molecule has 0 saturated carbocycles. The first kappa shape index (κ1) is 17.9. The Kier molecular flexibility index (Phi) is 5.85. The molecule has 1 atom stereocenters. The molecule has 2 rings (SSSR count). The minimum atomic E-state index is -0.142. The molecular weight excluding hydrogens is 302 g/mol. The molecule has 0 radical (unpaired) electrons. The number of carbonyl (C=O) groups excluding carboxylic acids is 1. The van der Waals surface area contributed by atoms with Crippen LogP contribution < -0.4 is 14.8 Å². The normalized spacial score (nSPS) is 11.7. The highest BCUT2D eigenvalue weighted by molar-refractivity contribution is 5.78. The van der Waals surface area contributed by atoms with Crippen molar-refractivity contribution in [2.45, 2.75) is 33.7 Å². The molecule has 0 aliphatic heterocycles. The van der Waals surface area contributed by atoms with Crippen LogP contribution in [0.4, 0.5) is 0 Å². The third-order valence-electron chi connectivity index (χ3n) is 4.12. The summed E-state index contributed by atoms with van der Waals surface area (Å²) in [6.45, 7) is 8.01. The SMILES string of the molecule is COc1ccc(C(C)NC(=O)COc2cc(C)cc(C)c2C)cc1. The minimum Gasteiger partial charge on any atom is -0.497 e. The number of hydrogen-bond donors (Lipinski definition) is 1. The lowest BCUT2D eigenvalue weighted by Gasteiger charge is -2.16. The maximum Gasteiger partial charge on any atom is 0.258 e. The van der Waals surface area contributed by atoms with E-state index < -0.39 is 0 Å². The van der Waals surface area contributed by atoms with E-state index in [1.54, 1.807) is 7.11 Å². The van der Waals surface area contributed by atoms with Crippen molar-refractivity contribution in [3.05, 3.63) is 58.7 Å². The Morgan fingerprint density at radius 1 is 1.12 bits per heavy atom. The predicted octanol–water partition coefficient (Wildman–Crippen LogP) is 3.88. The summed E-state index contributed by atoms with van der Waals surface area (Å²) in [6, 6.07) is 11.6. The minimum absolute atomic E-state index is 0.00419. The van der Waals surface area contributed by atoms with Gasteiger partial charge in [0.2, 0.25) is 0 Å². The summed E-state index contributed by atoms with van der Waals surface area (Å²) in [5.41, 5.74) is 4.38. The molecule has 1 amide bonds. The van der Waals surface area contributed by atoms with Crippen molar-refractivity contribution in [1.29, 1.82) is 0 Å². The zero-order chi connectivity index (χ0) is 17.7. The van der Waals surface area contributed by atoms with Crippen LogP contribution in [0.25, 0.3) is 0 Å². The fraction of sp³-hybridized carbons (Fsp3) is 0.350. The van der Waals surface area contributed by atoms with Crippen LogP contribution in [-0.2, 0) is 4.79 Å². The summed E-state index contributed by atoms with van der Waals surface area (Å²) in [7, 11) is 1.63. The Morgan fingerprint density at radius 2 is 1.79 bits per heavy atom. The highest BCUT2D eigenvalue weighted by Gasteiger charge is 2.11. The van der Waals surface area contributed by atoms with Gasteiger partial charge in [0, 0.05) is 0 Å². The van der Waals surface area contributed by atoms with E-state index in [-0.39, 0.29) is 18.6 Å². The molecule has 0 aromatic heterocycles. The van der Waals surface area contributed by atoms with Gasteiger partial charge in [-0.15, -0.1) is 0 Å². The van der Waals surface area contributed by atoms with Crippen LogP contribution in [0.1, 0.15) is 35.2 Å². The fourth-order valence-electron chi connectivity index (χ4n) is 2.55. The van der Waals surface area contributed by atoms with E-state index in [4.69, 9.17) is 9.47 Å². The number of nitrogens with one attached hydrogen (secondary N) is 1. The highest BCUT2D eigenvalue weighted by Crippen LogP contribution is 2.23. The van der Waals surface area contributed by atoms with Crippen LogP contribution in [-0.4, -0.2) is 19.6 Å². The van der Waals surface area contributed by atoms with Crippen LogP contribution in [0, 0.1) is 20.8 Å². The Balaban J connectivity index is 1.93. The number of amides is 1. The molecule has 128 valence electrons. The first-order valence-electron chi connectivity index (χ1n) is 8.04. The van der Waals surface area contributed by atoms with Crippen molar-refractivity contribution in [2.75, 3.05) is 13.7 Å². The summed E-state index contributed by atoms with van der Waals surface area (Å²) < 4.78 is 10.8. The van der Waals surface area contributed by atoms with E-state index in [2.05, 4.69) is 11.4 Å².